The molecule has 1 aromatic carbocycles. The van der Waals surface area contributed by atoms with Crippen LogP contribution in [0.5, 0.6) is 0 Å². The van der Waals surface area contributed by atoms with Crippen LogP contribution >= 0.6 is 11.3 Å². The van der Waals surface area contributed by atoms with Crippen molar-refractivity contribution in [1.29, 1.82) is 0 Å². The molecule has 0 aliphatic heterocycles. The first-order valence-electron chi connectivity index (χ1n) is 6.35. The average molecular weight is 282 g/mol. The summed E-state index contributed by atoms with van der Waals surface area (Å²) in [5.74, 6) is 0.640. The molecule has 3 aromatic rings. The standard InChI is InChI=1S/C15H14N4S/c1-11-13(10-18-15-16-8-5-9-17-15)20-14(19-11)12-6-3-2-4-7-12/h2-9H,10H2,1H3,(H,16,17,18). The highest BCUT2D eigenvalue weighted by atomic mass is 32.1. The molecular formula is C15H14N4S. The molecule has 1 N–H and O–H groups in total. The number of rotatable bonds is 4. The minimum absolute atomic E-state index is 0.640. The predicted octanol–water partition coefficient (Wildman–Crippen LogP) is 3.52. The van der Waals surface area contributed by atoms with E-state index in [1.165, 1.54) is 4.88 Å². The molecule has 100 valence electrons. The van der Waals surface area contributed by atoms with E-state index in [1.807, 2.05) is 25.1 Å². The number of benzene rings is 1. The smallest absolute Gasteiger partial charge is 0.222 e. The third-order valence-corrected chi connectivity index (χ3v) is 4.09. The fraction of sp³-hybridized carbons (Fsp3) is 0.133. The van der Waals surface area contributed by atoms with Gasteiger partial charge >= 0.3 is 0 Å². The minimum atomic E-state index is 0.640. The summed E-state index contributed by atoms with van der Waals surface area (Å²) < 4.78 is 0. The van der Waals surface area contributed by atoms with Crippen molar-refractivity contribution in [1.82, 2.24) is 15.0 Å². The molecular weight excluding hydrogens is 268 g/mol. The summed E-state index contributed by atoms with van der Waals surface area (Å²) in [4.78, 5) is 14.1. The molecule has 0 unspecified atom stereocenters. The number of thiazole rings is 1. The van der Waals surface area contributed by atoms with Gasteiger partial charge in [-0.3, -0.25) is 0 Å². The first-order chi connectivity index (χ1) is 9.83. The number of aryl methyl sites for hydroxylation is 1. The normalized spacial score (nSPS) is 10.4. The number of hydrogen-bond acceptors (Lipinski definition) is 5. The summed E-state index contributed by atoms with van der Waals surface area (Å²) in [6.45, 7) is 2.73. The zero-order valence-electron chi connectivity index (χ0n) is 11.1. The summed E-state index contributed by atoms with van der Waals surface area (Å²) in [5, 5.41) is 4.26. The number of hydrogen-bond donors (Lipinski definition) is 1. The first kappa shape index (κ1) is 12.7. The van der Waals surface area contributed by atoms with Crippen molar-refractivity contribution >= 4 is 17.3 Å². The van der Waals surface area contributed by atoms with Gasteiger partial charge in [-0.05, 0) is 13.0 Å². The number of anilines is 1. The van der Waals surface area contributed by atoms with Crippen LogP contribution in [-0.2, 0) is 6.54 Å². The monoisotopic (exact) mass is 282 g/mol. The van der Waals surface area contributed by atoms with Gasteiger partial charge in [-0.1, -0.05) is 30.3 Å². The van der Waals surface area contributed by atoms with Gasteiger partial charge in [-0.25, -0.2) is 15.0 Å². The molecule has 0 saturated heterocycles. The van der Waals surface area contributed by atoms with Gasteiger partial charge in [0.1, 0.15) is 5.01 Å². The van der Waals surface area contributed by atoms with Crippen LogP contribution in [0.4, 0.5) is 5.95 Å². The molecule has 2 heterocycles. The Balaban J connectivity index is 1.76. The lowest BCUT2D eigenvalue weighted by Gasteiger charge is -2.01. The van der Waals surface area contributed by atoms with Crippen LogP contribution in [0.15, 0.2) is 48.8 Å². The molecule has 0 aliphatic rings. The van der Waals surface area contributed by atoms with Crippen molar-refractivity contribution in [2.24, 2.45) is 0 Å². The van der Waals surface area contributed by atoms with Crippen LogP contribution < -0.4 is 5.32 Å². The fourth-order valence-corrected chi connectivity index (χ4v) is 2.85. The van der Waals surface area contributed by atoms with Gasteiger partial charge in [0, 0.05) is 22.8 Å². The highest BCUT2D eigenvalue weighted by molar-refractivity contribution is 7.15. The summed E-state index contributed by atoms with van der Waals surface area (Å²) in [6, 6.07) is 12.0. The number of aromatic nitrogens is 3. The Hall–Kier alpha value is -2.27. The molecule has 0 fully saturated rings. The Morgan fingerprint density at radius 3 is 2.55 bits per heavy atom. The Bertz CT molecular complexity index is 680. The van der Waals surface area contributed by atoms with E-state index in [4.69, 9.17) is 0 Å². The Morgan fingerprint density at radius 2 is 1.80 bits per heavy atom. The average Bonchev–Trinajstić information content (AvgIpc) is 2.88. The molecule has 0 spiro atoms. The zero-order chi connectivity index (χ0) is 13.8. The van der Waals surface area contributed by atoms with Gasteiger partial charge in [-0.15, -0.1) is 11.3 Å². The third kappa shape index (κ3) is 2.83. The Labute approximate surface area is 121 Å². The maximum absolute atomic E-state index is 4.63. The maximum atomic E-state index is 4.63. The van der Waals surface area contributed by atoms with Crippen LogP contribution in [0.2, 0.25) is 0 Å². The molecule has 0 aliphatic carbocycles. The molecule has 0 radical (unpaired) electrons. The molecule has 4 nitrogen and oxygen atoms in total. The van der Waals surface area contributed by atoms with E-state index in [0.29, 0.717) is 12.5 Å². The second-order valence-corrected chi connectivity index (χ2v) is 5.40. The van der Waals surface area contributed by atoms with E-state index in [0.717, 1.165) is 16.3 Å². The second kappa shape index (κ2) is 5.79. The van der Waals surface area contributed by atoms with Gasteiger partial charge < -0.3 is 5.32 Å². The number of nitrogens with zero attached hydrogens (tertiary/aromatic N) is 3. The van der Waals surface area contributed by atoms with E-state index in [2.05, 4.69) is 32.4 Å². The van der Waals surface area contributed by atoms with E-state index in [1.54, 1.807) is 29.8 Å². The van der Waals surface area contributed by atoms with Crippen LogP contribution in [0.1, 0.15) is 10.6 Å². The fourth-order valence-electron chi connectivity index (χ4n) is 1.85. The maximum Gasteiger partial charge on any atom is 0.222 e. The predicted molar refractivity (Wildman–Crippen MR) is 81.6 cm³/mol. The van der Waals surface area contributed by atoms with Crippen molar-refractivity contribution in [3.8, 4) is 10.6 Å². The largest absolute Gasteiger partial charge is 0.349 e. The molecule has 0 atom stereocenters. The summed E-state index contributed by atoms with van der Waals surface area (Å²) in [5.41, 5.74) is 2.21. The quantitative estimate of drug-likeness (QED) is 0.795. The van der Waals surface area contributed by atoms with Gasteiger partial charge in [0.05, 0.1) is 12.2 Å². The lowest BCUT2D eigenvalue weighted by atomic mass is 10.2. The van der Waals surface area contributed by atoms with E-state index < -0.39 is 0 Å². The third-order valence-electron chi connectivity index (χ3n) is 2.89. The van der Waals surface area contributed by atoms with Gasteiger partial charge in [0.25, 0.3) is 0 Å². The summed E-state index contributed by atoms with van der Waals surface area (Å²) >= 11 is 1.70. The summed E-state index contributed by atoms with van der Waals surface area (Å²) in [6.07, 6.45) is 3.45. The minimum Gasteiger partial charge on any atom is -0.349 e. The highest BCUT2D eigenvalue weighted by Crippen LogP contribution is 2.27. The lowest BCUT2D eigenvalue weighted by molar-refractivity contribution is 1.05. The van der Waals surface area contributed by atoms with Crippen LogP contribution in [0.3, 0.4) is 0 Å². The molecule has 2 aromatic heterocycles. The topological polar surface area (TPSA) is 50.7 Å². The molecule has 20 heavy (non-hydrogen) atoms. The zero-order valence-corrected chi connectivity index (χ0v) is 11.9. The van der Waals surface area contributed by atoms with Crippen molar-refractivity contribution < 1.29 is 0 Å². The van der Waals surface area contributed by atoms with Crippen molar-refractivity contribution in [2.75, 3.05) is 5.32 Å². The van der Waals surface area contributed by atoms with Crippen LogP contribution in [0, 0.1) is 6.92 Å². The molecule has 0 saturated carbocycles. The Kier molecular flexibility index (Phi) is 3.69. The summed E-state index contributed by atoms with van der Waals surface area (Å²) in [7, 11) is 0. The van der Waals surface area contributed by atoms with Crippen molar-refractivity contribution in [2.45, 2.75) is 13.5 Å². The van der Waals surface area contributed by atoms with Gasteiger partial charge in [0.2, 0.25) is 5.95 Å². The molecule has 0 amide bonds. The molecule has 3 rings (SSSR count). The highest BCUT2D eigenvalue weighted by Gasteiger charge is 2.09. The lowest BCUT2D eigenvalue weighted by Crippen LogP contribution is -2.02. The van der Waals surface area contributed by atoms with E-state index in [9.17, 15) is 0 Å². The van der Waals surface area contributed by atoms with Gasteiger partial charge in [-0.2, -0.15) is 0 Å². The molecule has 5 heteroatoms. The first-order valence-corrected chi connectivity index (χ1v) is 7.17. The SMILES string of the molecule is Cc1nc(-c2ccccc2)sc1CNc1ncccn1. The van der Waals surface area contributed by atoms with Crippen LogP contribution in [0.25, 0.3) is 10.6 Å². The van der Waals surface area contributed by atoms with Gasteiger partial charge in [0.15, 0.2) is 0 Å². The molecule has 0 bridgehead atoms. The van der Waals surface area contributed by atoms with Crippen molar-refractivity contribution in [3.05, 3.63) is 59.4 Å². The van der Waals surface area contributed by atoms with Crippen molar-refractivity contribution in [3.63, 3.8) is 0 Å². The van der Waals surface area contributed by atoms with Crippen LogP contribution in [-0.4, -0.2) is 15.0 Å². The number of nitrogens with one attached hydrogen (secondary N) is 1. The van der Waals surface area contributed by atoms with E-state index in [-0.39, 0.29) is 0 Å². The second-order valence-electron chi connectivity index (χ2n) is 4.32. The van der Waals surface area contributed by atoms with E-state index >= 15 is 0 Å². The Morgan fingerprint density at radius 1 is 1.05 bits per heavy atom.